The lowest BCUT2D eigenvalue weighted by Gasteiger charge is -2.17. The van der Waals surface area contributed by atoms with Gasteiger partial charge in [0, 0.05) is 24.0 Å². The molecule has 4 nitrogen and oxygen atoms in total. The first kappa shape index (κ1) is 13.4. The lowest BCUT2D eigenvalue weighted by atomic mass is 9.99. The fraction of sp³-hybridized carbons (Fsp3) is 0.267. The van der Waals surface area contributed by atoms with Gasteiger partial charge in [-0.1, -0.05) is 18.2 Å². The molecule has 1 atom stereocenters. The van der Waals surface area contributed by atoms with Gasteiger partial charge in [-0.3, -0.25) is 4.98 Å². The standard InChI is InChI=1S/C15H18N2O2/c1-18-14-7-3-6-12(15(14)19-2)13(16)9-11-5-4-8-17-10-11/h3-8,10,13H,9,16H2,1-2H3. The molecular formula is C15H18N2O2. The molecule has 1 aromatic carbocycles. The van der Waals surface area contributed by atoms with Crippen LogP contribution in [0.2, 0.25) is 0 Å². The number of hydrogen-bond acceptors (Lipinski definition) is 4. The normalized spacial score (nSPS) is 11.9. The highest BCUT2D eigenvalue weighted by Gasteiger charge is 2.16. The van der Waals surface area contributed by atoms with Gasteiger partial charge < -0.3 is 15.2 Å². The van der Waals surface area contributed by atoms with Gasteiger partial charge in [0.15, 0.2) is 11.5 Å². The van der Waals surface area contributed by atoms with Crippen LogP contribution in [-0.2, 0) is 6.42 Å². The maximum Gasteiger partial charge on any atom is 0.165 e. The van der Waals surface area contributed by atoms with Crippen LogP contribution in [0.25, 0.3) is 0 Å². The maximum atomic E-state index is 6.26. The molecule has 2 aromatic rings. The Bertz CT molecular complexity index is 529. The van der Waals surface area contributed by atoms with Crippen molar-refractivity contribution in [3.05, 3.63) is 53.9 Å². The van der Waals surface area contributed by atoms with Gasteiger partial charge >= 0.3 is 0 Å². The van der Waals surface area contributed by atoms with Crippen molar-refractivity contribution in [3.8, 4) is 11.5 Å². The third-order valence-corrected chi connectivity index (χ3v) is 3.01. The molecule has 1 heterocycles. The minimum atomic E-state index is -0.158. The molecule has 100 valence electrons. The highest BCUT2D eigenvalue weighted by Crippen LogP contribution is 2.34. The van der Waals surface area contributed by atoms with Gasteiger partial charge in [0.1, 0.15) is 0 Å². The predicted molar refractivity (Wildman–Crippen MR) is 74.4 cm³/mol. The third-order valence-electron chi connectivity index (χ3n) is 3.01. The van der Waals surface area contributed by atoms with Gasteiger partial charge in [-0.05, 0) is 24.1 Å². The zero-order chi connectivity index (χ0) is 13.7. The van der Waals surface area contributed by atoms with Crippen LogP contribution in [0.5, 0.6) is 11.5 Å². The van der Waals surface area contributed by atoms with E-state index in [1.807, 2.05) is 36.5 Å². The van der Waals surface area contributed by atoms with Crippen LogP contribution < -0.4 is 15.2 Å². The molecule has 0 saturated carbocycles. The van der Waals surface area contributed by atoms with E-state index in [2.05, 4.69) is 4.98 Å². The van der Waals surface area contributed by atoms with Gasteiger partial charge in [0.2, 0.25) is 0 Å². The average Bonchev–Trinajstić information content (AvgIpc) is 2.47. The SMILES string of the molecule is COc1cccc(C(N)Cc2cccnc2)c1OC. The van der Waals surface area contributed by atoms with Crippen molar-refractivity contribution in [1.29, 1.82) is 0 Å². The first-order valence-corrected chi connectivity index (χ1v) is 6.11. The van der Waals surface area contributed by atoms with Crippen LogP contribution in [0.3, 0.4) is 0 Å². The zero-order valence-corrected chi connectivity index (χ0v) is 11.2. The van der Waals surface area contributed by atoms with Crippen molar-refractivity contribution in [1.82, 2.24) is 4.98 Å². The molecule has 1 aromatic heterocycles. The second-order valence-corrected chi connectivity index (χ2v) is 4.25. The Morgan fingerprint density at radius 2 is 2.00 bits per heavy atom. The zero-order valence-electron chi connectivity index (χ0n) is 11.2. The highest BCUT2D eigenvalue weighted by atomic mass is 16.5. The number of ether oxygens (including phenoxy) is 2. The molecule has 4 heteroatoms. The lowest BCUT2D eigenvalue weighted by molar-refractivity contribution is 0.349. The van der Waals surface area contributed by atoms with E-state index in [1.165, 1.54) is 0 Å². The Morgan fingerprint density at radius 1 is 1.16 bits per heavy atom. The molecular weight excluding hydrogens is 240 g/mol. The molecule has 0 fully saturated rings. The number of benzene rings is 1. The number of pyridine rings is 1. The van der Waals surface area contributed by atoms with Crippen molar-refractivity contribution in [3.63, 3.8) is 0 Å². The number of rotatable bonds is 5. The van der Waals surface area contributed by atoms with E-state index in [-0.39, 0.29) is 6.04 Å². The lowest BCUT2D eigenvalue weighted by Crippen LogP contribution is -2.15. The van der Waals surface area contributed by atoms with Gasteiger partial charge in [0.05, 0.1) is 14.2 Å². The van der Waals surface area contributed by atoms with Crippen LogP contribution in [-0.4, -0.2) is 19.2 Å². The number of nitrogens with two attached hydrogens (primary N) is 1. The first-order chi connectivity index (χ1) is 9.26. The fourth-order valence-electron chi connectivity index (χ4n) is 2.09. The number of methoxy groups -OCH3 is 2. The quantitative estimate of drug-likeness (QED) is 0.894. The fourth-order valence-corrected chi connectivity index (χ4v) is 2.09. The largest absolute Gasteiger partial charge is 0.493 e. The summed E-state index contributed by atoms with van der Waals surface area (Å²) in [6, 6.07) is 9.50. The molecule has 0 spiro atoms. The minimum absolute atomic E-state index is 0.158. The van der Waals surface area contributed by atoms with Crippen molar-refractivity contribution < 1.29 is 9.47 Å². The Labute approximate surface area is 113 Å². The molecule has 2 rings (SSSR count). The Morgan fingerprint density at radius 3 is 2.63 bits per heavy atom. The van der Waals surface area contributed by atoms with E-state index < -0.39 is 0 Å². The first-order valence-electron chi connectivity index (χ1n) is 6.11. The monoisotopic (exact) mass is 258 g/mol. The van der Waals surface area contributed by atoms with Crippen molar-refractivity contribution in [2.75, 3.05) is 14.2 Å². The van der Waals surface area contributed by atoms with Crippen molar-refractivity contribution >= 4 is 0 Å². The number of hydrogen-bond donors (Lipinski definition) is 1. The van der Waals surface area contributed by atoms with E-state index in [4.69, 9.17) is 15.2 Å². The molecule has 2 N–H and O–H groups in total. The van der Waals surface area contributed by atoms with E-state index in [0.717, 1.165) is 11.1 Å². The summed E-state index contributed by atoms with van der Waals surface area (Å²) < 4.78 is 10.7. The molecule has 0 aliphatic rings. The van der Waals surface area contributed by atoms with Crippen LogP contribution in [0, 0.1) is 0 Å². The second kappa shape index (κ2) is 6.20. The van der Waals surface area contributed by atoms with Gasteiger partial charge in [-0.2, -0.15) is 0 Å². The second-order valence-electron chi connectivity index (χ2n) is 4.25. The van der Waals surface area contributed by atoms with Crippen molar-refractivity contribution in [2.24, 2.45) is 5.73 Å². The topological polar surface area (TPSA) is 57.4 Å². The third kappa shape index (κ3) is 3.03. The van der Waals surface area contributed by atoms with Crippen LogP contribution >= 0.6 is 0 Å². The van der Waals surface area contributed by atoms with Gasteiger partial charge in [-0.25, -0.2) is 0 Å². The van der Waals surface area contributed by atoms with Crippen molar-refractivity contribution in [2.45, 2.75) is 12.5 Å². The van der Waals surface area contributed by atoms with E-state index in [1.54, 1.807) is 20.4 Å². The average molecular weight is 258 g/mol. The predicted octanol–water partition coefficient (Wildman–Crippen LogP) is 2.34. The Hall–Kier alpha value is -2.07. The molecule has 0 bridgehead atoms. The number of para-hydroxylation sites is 1. The summed E-state index contributed by atoms with van der Waals surface area (Å²) in [6.45, 7) is 0. The van der Waals surface area contributed by atoms with E-state index in [0.29, 0.717) is 17.9 Å². The highest BCUT2D eigenvalue weighted by molar-refractivity contribution is 5.48. The molecule has 1 unspecified atom stereocenters. The molecule has 0 saturated heterocycles. The van der Waals surface area contributed by atoms with Crippen LogP contribution in [0.1, 0.15) is 17.2 Å². The maximum absolute atomic E-state index is 6.26. The summed E-state index contributed by atoms with van der Waals surface area (Å²) in [6.07, 6.45) is 4.28. The van der Waals surface area contributed by atoms with E-state index in [9.17, 15) is 0 Å². The minimum Gasteiger partial charge on any atom is -0.493 e. The Kier molecular flexibility index (Phi) is 4.36. The number of aromatic nitrogens is 1. The molecule has 0 amide bonds. The summed E-state index contributed by atoms with van der Waals surface area (Å²) in [5, 5.41) is 0. The summed E-state index contributed by atoms with van der Waals surface area (Å²) >= 11 is 0. The molecule has 0 radical (unpaired) electrons. The molecule has 19 heavy (non-hydrogen) atoms. The summed E-state index contributed by atoms with van der Waals surface area (Å²) in [5.74, 6) is 1.39. The smallest absolute Gasteiger partial charge is 0.165 e. The van der Waals surface area contributed by atoms with E-state index >= 15 is 0 Å². The Balaban J connectivity index is 2.26. The van der Waals surface area contributed by atoms with Gasteiger partial charge in [0.25, 0.3) is 0 Å². The molecule has 0 aliphatic carbocycles. The van der Waals surface area contributed by atoms with Crippen LogP contribution in [0.15, 0.2) is 42.7 Å². The summed E-state index contributed by atoms with van der Waals surface area (Å²) in [4.78, 5) is 4.10. The summed E-state index contributed by atoms with van der Waals surface area (Å²) in [7, 11) is 3.24. The van der Waals surface area contributed by atoms with Gasteiger partial charge in [-0.15, -0.1) is 0 Å². The van der Waals surface area contributed by atoms with Crippen LogP contribution in [0.4, 0.5) is 0 Å². The number of nitrogens with zero attached hydrogens (tertiary/aromatic N) is 1. The summed E-state index contributed by atoms with van der Waals surface area (Å²) in [5.41, 5.74) is 8.30. The molecule has 0 aliphatic heterocycles.